The third-order valence-corrected chi connectivity index (χ3v) is 4.43. The zero-order chi connectivity index (χ0) is 20.4. The van der Waals surface area contributed by atoms with Crippen LogP contribution in [0.25, 0.3) is 11.0 Å². The van der Waals surface area contributed by atoms with Crippen molar-refractivity contribution in [3.8, 4) is 11.5 Å². The minimum Gasteiger partial charge on any atom is -0.493 e. The van der Waals surface area contributed by atoms with Crippen molar-refractivity contribution >= 4 is 28.5 Å². The van der Waals surface area contributed by atoms with Crippen molar-refractivity contribution in [1.82, 2.24) is 4.90 Å². The molecule has 2 amide bonds. The lowest BCUT2D eigenvalue weighted by atomic mass is 10.1. The van der Waals surface area contributed by atoms with Gasteiger partial charge >= 0.3 is 0 Å². The fraction of sp³-hybridized carbons (Fsp3) is 0.238. The van der Waals surface area contributed by atoms with Crippen molar-refractivity contribution in [3.63, 3.8) is 0 Å². The highest BCUT2D eigenvalue weighted by Gasteiger charge is 2.22. The van der Waals surface area contributed by atoms with Crippen molar-refractivity contribution in [2.75, 3.05) is 33.6 Å². The molecule has 0 saturated carbocycles. The van der Waals surface area contributed by atoms with Gasteiger partial charge in [0.25, 0.3) is 11.8 Å². The minimum atomic E-state index is -0.441. The van der Waals surface area contributed by atoms with Gasteiger partial charge in [0.15, 0.2) is 17.3 Å². The van der Waals surface area contributed by atoms with Gasteiger partial charge in [0, 0.05) is 30.6 Å². The van der Waals surface area contributed by atoms with Crippen LogP contribution in [0.3, 0.4) is 0 Å². The van der Waals surface area contributed by atoms with E-state index in [1.807, 2.05) is 25.1 Å². The van der Waals surface area contributed by atoms with Gasteiger partial charge in [-0.15, -0.1) is 0 Å². The van der Waals surface area contributed by atoms with Gasteiger partial charge < -0.3 is 24.1 Å². The number of carbonyl (C=O) groups is 2. The third kappa shape index (κ3) is 3.38. The lowest BCUT2D eigenvalue weighted by Crippen LogP contribution is -2.22. The largest absolute Gasteiger partial charge is 0.493 e. The summed E-state index contributed by atoms with van der Waals surface area (Å²) in [6.45, 7) is 1.82. The van der Waals surface area contributed by atoms with Gasteiger partial charge in [-0.25, -0.2) is 0 Å². The van der Waals surface area contributed by atoms with Crippen molar-refractivity contribution in [2.24, 2.45) is 0 Å². The van der Waals surface area contributed by atoms with E-state index >= 15 is 0 Å². The summed E-state index contributed by atoms with van der Waals surface area (Å²) in [5.74, 6) is 0.193. The van der Waals surface area contributed by atoms with Crippen LogP contribution in [-0.2, 0) is 0 Å². The van der Waals surface area contributed by atoms with Crippen molar-refractivity contribution in [3.05, 3.63) is 53.3 Å². The molecular weight excluding hydrogens is 360 g/mol. The summed E-state index contributed by atoms with van der Waals surface area (Å²) in [6.07, 6.45) is 0. The molecule has 7 nitrogen and oxygen atoms in total. The number of amides is 2. The molecule has 0 bridgehead atoms. The number of hydrogen-bond acceptors (Lipinski definition) is 5. The molecule has 7 heteroatoms. The van der Waals surface area contributed by atoms with E-state index in [0.717, 1.165) is 10.9 Å². The number of nitrogens with one attached hydrogen (secondary N) is 1. The number of para-hydroxylation sites is 1. The Hall–Kier alpha value is -3.48. The number of rotatable bonds is 5. The highest BCUT2D eigenvalue weighted by molar-refractivity contribution is 6.08. The molecule has 3 aromatic rings. The Bertz CT molecular complexity index is 1050. The number of ether oxygens (including phenoxy) is 2. The highest BCUT2D eigenvalue weighted by atomic mass is 16.5. The molecule has 1 aromatic heterocycles. The van der Waals surface area contributed by atoms with Gasteiger partial charge in [-0.2, -0.15) is 0 Å². The number of furan rings is 1. The Kier molecular flexibility index (Phi) is 5.26. The molecule has 1 heterocycles. The summed E-state index contributed by atoms with van der Waals surface area (Å²) in [7, 11) is 6.23. The van der Waals surface area contributed by atoms with Crippen LogP contribution >= 0.6 is 0 Å². The number of nitrogens with zero attached hydrogens (tertiary/aromatic N) is 1. The predicted molar refractivity (Wildman–Crippen MR) is 106 cm³/mol. The van der Waals surface area contributed by atoms with Gasteiger partial charge in [0.05, 0.1) is 19.9 Å². The van der Waals surface area contributed by atoms with E-state index in [2.05, 4.69) is 5.32 Å². The van der Waals surface area contributed by atoms with Gasteiger partial charge in [-0.3, -0.25) is 9.59 Å². The molecule has 0 unspecified atom stereocenters. The number of aryl methyl sites for hydroxylation is 1. The Morgan fingerprint density at radius 2 is 1.79 bits per heavy atom. The maximum absolute atomic E-state index is 12.9. The van der Waals surface area contributed by atoms with E-state index in [9.17, 15) is 9.59 Å². The van der Waals surface area contributed by atoms with Crippen LogP contribution in [-0.4, -0.2) is 45.0 Å². The molecule has 0 fully saturated rings. The first-order chi connectivity index (χ1) is 13.4. The van der Waals surface area contributed by atoms with E-state index < -0.39 is 5.91 Å². The molecule has 2 aromatic carbocycles. The van der Waals surface area contributed by atoms with E-state index in [-0.39, 0.29) is 11.7 Å². The summed E-state index contributed by atoms with van der Waals surface area (Å²) in [6, 6.07) is 10.6. The summed E-state index contributed by atoms with van der Waals surface area (Å²) in [5, 5.41) is 3.65. The second kappa shape index (κ2) is 7.64. The van der Waals surface area contributed by atoms with E-state index in [4.69, 9.17) is 13.9 Å². The second-order valence-corrected chi connectivity index (χ2v) is 6.47. The topological polar surface area (TPSA) is 81.0 Å². The highest BCUT2D eigenvalue weighted by Crippen LogP contribution is 2.37. The first-order valence-electron chi connectivity index (χ1n) is 8.64. The normalized spacial score (nSPS) is 10.6. The fourth-order valence-corrected chi connectivity index (χ4v) is 3.01. The monoisotopic (exact) mass is 382 g/mol. The van der Waals surface area contributed by atoms with E-state index in [1.54, 1.807) is 32.3 Å². The van der Waals surface area contributed by atoms with Crippen LogP contribution in [0.2, 0.25) is 0 Å². The summed E-state index contributed by atoms with van der Waals surface area (Å²) >= 11 is 0. The average molecular weight is 382 g/mol. The molecule has 146 valence electrons. The van der Waals surface area contributed by atoms with Crippen molar-refractivity contribution < 1.29 is 23.5 Å². The molecule has 3 rings (SSSR count). The molecule has 0 spiro atoms. The Labute approximate surface area is 162 Å². The number of fused-ring (bicyclic) bond motifs is 1. The SMILES string of the molecule is COc1cc(C(=O)N(C)C)cc(NC(=O)c2oc3ccccc3c2C)c1OC. The average Bonchev–Trinajstić information content (AvgIpc) is 3.03. The number of carbonyl (C=O) groups excluding carboxylic acids is 2. The lowest BCUT2D eigenvalue weighted by Gasteiger charge is -2.17. The third-order valence-electron chi connectivity index (χ3n) is 4.43. The van der Waals surface area contributed by atoms with Gasteiger partial charge in [0.2, 0.25) is 0 Å². The molecule has 1 N–H and O–H groups in total. The Morgan fingerprint density at radius 3 is 2.39 bits per heavy atom. The molecule has 0 aliphatic carbocycles. The van der Waals surface area contributed by atoms with Gasteiger partial charge in [-0.05, 0) is 25.1 Å². The quantitative estimate of drug-likeness (QED) is 0.727. The Balaban J connectivity index is 2.04. The predicted octanol–water partition coefficient (Wildman–Crippen LogP) is 3.71. The molecule has 0 aliphatic heterocycles. The molecule has 0 atom stereocenters. The maximum Gasteiger partial charge on any atom is 0.291 e. The zero-order valence-corrected chi connectivity index (χ0v) is 16.5. The first kappa shape index (κ1) is 19.3. The molecular formula is C21H22N2O5. The van der Waals surface area contributed by atoms with E-state index in [0.29, 0.717) is 28.3 Å². The minimum absolute atomic E-state index is 0.201. The number of anilines is 1. The number of benzene rings is 2. The lowest BCUT2D eigenvalue weighted by molar-refractivity contribution is 0.0826. The van der Waals surface area contributed by atoms with Crippen LogP contribution in [0, 0.1) is 6.92 Å². The van der Waals surface area contributed by atoms with Crippen LogP contribution in [0.15, 0.2) is 40.8 Å². The smallest absolute Gasteiger partial charge is 0.291 e. The van der Waals surface area contributed by atoms with Crippen molar-refractivity contribution in [2.45, 2.75) is 6.92 Å². The van der Waals surface area contributed by atoms with Crippen LogP contribution in [0.4, 0.5) is 5.69 Å². The van der Waals surface area contributed by atoms with Crippen LogP contribution in [0.5, 0.6) is 11.5 Å². The second-order valence-electron chi connectivity index (χ2n) is 6.47. The van der Waals surface area contributed by atoms with Crippen molar-refractivity contribution in [1.29, 1.82) is 0 Å². The number of hydrogen-bond donors (Lipinski definition) is 1. The van der Waals surface area contributed by atoms with Gasteiger partial charge in [-0.1, -0.05) is 18.2 Å². The maximum atomic E-state index is 12.9. The summed E-state index contributed by atoms with van der Waals surface area (Å²) < 4.78 is 16.4. The number of methoxy groups -OCH3 is 2. The summed E-state index contributed by atoms with van der Waals surface area (Å²) in [4.78, 5) is 26.7. The van der Waals surface area contributed by atoms with Crippen LogP contribution < -0.4 is 14.8 Å². The zero-order valence-electron chi connectivity index (χ0n) is 16.5. The summed E-state index contributed by atoms with van der Waals surface area (Å²) in [5.41, 5.74) is 2.04. The fourth-order valence-electron chi connectivity index (χ4n) is 3.01. The van der Waals surface area contributed by atoms with Gasteiger partial charge in [0.1, 0.15) is 5.58 Å². The van der Waals surface area contributed by atoms with Crippen LogP contribution in [0.1, 0.15) is 26.5 Å². The Morgan fingerprint density at radius 1 is 1.07 bits per heavy atom. The standard InChI is InChI=1S/C21H22N2O5/c1-12-14-8-6-7-9-16(14)28-18(12)20(24)22-15-10-13(21(25)23(2)3)11-17(26-4)19(15)27-5/h6-11H,1-5H3,(H,22,24). The molecule has 0 saturated heterocycles. The molecule has 0 radical (unpaired) electrons. The van der Waals surface area contributed by atoms with E-state index in [1.165, 1.54) is 19.1 Å². The molecule has 0 aliphatic rings. The molecule has 28 heavy (non-hydrogen) atoms. The first-order valence-corrected chi connectivity index (χ1v) is 8.64.